The number of benzene rings is 1. The van der Waals surface area contributed by atoms with Crippen molar-refractivity contribution in [2.75, 3.05) is 0 Å². The van der Waals surface area contributed by atoms with Gasteiger partial charge in [0.05, 0.1) is 0 Å². The summed E-state index contributed by atoms with van der Waals surface area (Å²) >= 11 is 0. The van der Waals surface area contributed by atoms with Crippen molar-refractivity contribution in [1.29, 1.82) is 0 Å². The van der Waals surface area contributed by atoms with Crippen LogP contribution in [0.4, 0.5) is 8.78 Å². The lowest BCUT2D eigenvalue weighted by Crippen LogP contribution is -2.04. The molecule has 0 aliphatic rings. The van der Waals surface area contributed by atoms with Crippen molar-refractivity contribution >= 4 is 5.78 Å². The minimum Gasteiger partial charge on any atom is -0.435 e. The van der Waals surface area contributed by atoms with Crippen LogP contribution in [0.25, 0.3) is 0 Å². The van der Waals surface area contributed by atoms with Crippen molar-refractivity contribution in [2.45, 2.75) is 26.9 Å². The molecule has 4 heteroatoms. The number of halogens is 2. The molecule has 0 atom stereocenters. The van der Waals surface area contributed by atoms with E-state index in [1.807, 2.05) is 0 Å². The number of rotatable bonds is 4. The molecule has 0 N–H and O–H groups in total. The van der Waals surface area contributed by atoms with Gasteiger partial charge in [-0.3, -0.25) is 4.79 Å². The summed E-state index contributed by atoms with van der Waals surface area (Å²) in [7, 11) is 0. The van der Waals surface area contributed by atoms with Crippen LogP contribution in [0, 0.1) is 6.92 Å². The van der Waals surface area contributed by atoms with Crippen LogP contribution in [0.3, 0.4) is 0 Å². The Morgan fingerprint density at radius 3 is 2.60 bits per heavy atom. The summed E-state index contributed by atoms with van der Waals surface area (Å²) in [5, 5.41) is 0. The summed E-state index contributed by atoms with van der Waals surface area (Å²) in [6, 6.07) is 4.47. The highest BCUT2D eigenvalue weighted by Crippen LogP contribution is 2.19. The lowest BCUT2D eigenvalue weighted by molar-refractivity contribution is -0.0499. The average Bonchev–Trinajstić information content (AvgIpc) is 2.14. The standard InChI is InChI=1S/C11H12F2O2/c1-3-10(14)8-4-7(2)5-9(6-8)15-11(12)13/h4-6,11H,3H2,1-2H3. The Morgan fingerprint density at radius 2 is 2.07 bits per heavy atom. The van der Waals surface area contributed by atoms with Crippen molar-refractivity contribution < 1.29 is 18.3 Å². The number of alkyl halides is 2. The molecule has 0 spiro atoms. The average molecular weight is 214 g/mol. The van der Waals surface area contributed by atoms with Gasteiger partial charge in [-0.25, -0.2) is 0 Å². The van der Waals surface area contributed by atoms with E-state index in [0.29, 0.717) is 12.0 Å². The van der Waals surface area contributed by atoms with Gasteiger partial charge in [0.1, 0.15) is 5.75 Å². The van der Waals surface area contributed by atoms with Crippen molar-refractivity contribution in [3.8, 4) is 5.75 Å². The Hall–Kier alpha value is -1.45. The predicted octanol–water partition coefficient (Wildman–Crippen LogP) is 3.19. The van der Waals surface area contributed by atoms with E-state index in [1.54, 1.807) is 19.9 Å². The van der Waals surface area contributed by atoms with Gasteiger partial charge in [0, 0.05) is 12.0 Å². The minimum absolute atomic E-state index is 0.0294. The van der Waals surface area contributed by atoms with Gasteiger partial charge < -0.3 is 4.74 Å². The number of hydrogen-bond acceptors (Lipinski definition) is 2. The number of ketones is 1. The fourth-order valence-corrected chi connectivity index (χ4v) is 1.28. The van der Waals surface area contributed by atoms with E-state index in [9.17, 15) is 13.6 Å². The molecule has 82 valence electrons. The minimum atomic E-state index is -2.86. The molecular formula is C11H12F2O2. The first-order valence-corrected chi connectivity index (χ1v) is 4.62. The van der Waals surface area contributed by atoms with Crippen LogP contribution in [-0.4, -0.2) is 12.4 Å². The van der Waals surface area contributed by atoms with Crippen molar-refractivity contribution in [2.24, 2.45) is 0 Å². The van der Waals surface area contributed by atoms with E-state index in [-0.39, 0.29) is 11.5 Å². The molecule has 0 aliphatic carbocycles. The highest BCUT2D eigenvalue weighted by molar-refractivity contribution is 5.96. The Kier molecular flexibility index (Phi) is 3.77. The van der Waals surface area contributed by atoms with Crippen LogP contribution in [0.2, 0.25) is 0 Å². The van der Waals surface area contributed by atoms with Crippen LogP contribution >= 0.6 is 0 Å². The van der Waals surface area contributed by atoms with Gasteiger partial charge in [-0.1, -0.05) is 6.92 Å². The molecule has 0 bridgehead atoms. The molecule has 0 aliphatic heterocycles. The number of hydrogen-bond donors (Lipinski definition) is 0. The monoisotopic (exact) mass is 214 g/mol. The van der Waals surface area contributed by atoms with E-state index in [1.165, 1.54) is 12.1 Å². The number of aryl methyl sites for hydroxylation is 1. The Balaban J connectivity index is 2.99. The predicted molar refractivity (Wildman–Crippen MR) is 52.4 cm³/mol. The smallest absolute Gasteiger partial charge is 0.387 e. The summed E-state index contributed by atoms with van der Waals surface area (Å²) in [5.74, 6) is -0.0559. The van der Waals surface area contributed by atoms with E-state index < -0.39 is 6.61 Å². The van der Waals surface area contributed by atoms with Crippen molar-refractivity contribution in [3.05, 3.63) is 29.3 Å². The second-order valence-corrected chi connectivity index (χ2v) is 3.19. The Morgan fingerprint density at radius 1 is 1.40 bits per heavy atom. The number of Topliss-reactive ketones (excluding diaryl/α,β-unsaturated/α-hetero) is 1. The zero-order valence-electron chi connectivity index (χ0n) is 8.59. The molecule has 0 fully saturated rings. The molecule has 0 unspecified atom stereocenters. The maximum Gasteiger partial charge on any atom is 0.387 e. The molecule has 1 aromatic carbocycles. The first kappa shape index (κ1) is 11.6. The Bertz CT molecular complexity index is 362. The second-order valence-electron chi connectivity index (χ2n) is 3.19. The molecule has 0 saturated carbocycles. The highest BCUT2D eigenvalue weighted by atomic mass is 19.3. The van der Waals surface area contributed by atoms with E-state index in [4.69, 9.17) is 0 Å². The quantitative estimate of drug-likeness (QED) is 0.719. The van der Waals surface area contributed by atoms with Gasteiger partial charge >= 0.3 is 6.61 Å². The molecule has 0 radical (unpaired) electrons. The molecule has 15 heavy (non-hydrogen) atoms. The third-order valence-electron chi connectivity index (χ3n) is 1.92. The normalized spacial score (nSPS) is 10.5. The largest absolute Gasteiger partial charge is 0.435 e. The second kappa shape index (κ2) is 4.87. The summed E-state index contributed by atoms with van der Waals surface area (Å²) in [6.07, 6.45) is 0.345. The van der Waals surface area contributed by atoms with Gasteiger partial charge in [0.25, 0.3) is 0 Å². The van der Waals surface area contributed by atoms with Gasteiger partial charge in [-0.05, 0) is 30.7 Å². The number of ether oxygens (including phenoxy) is 1. The van der Waals surface area contributed by atoms with Gasteiger partial charge in [-0.15, -0.1) is 0 Å². The van der Waals surface area contributed by atoms with Crippen molar-refractivity contribution in [3.63, 3.8) is 0 Å². The summed E-state index contributed by atoms with van der Waals surface area (Å²) < 4.78 is 28.2. The maximum atomic E-state index is 12.0. The lowest BCUT2D eigenvalue weighted by atomic mass is 10.1. The number of carbonyl (C=O) groups excluding carboxylic acids is 1. The molecule has 0 amide bonds. The molecule has 0 saturated heterocycles. The molecule has 0 aromatic heterocycles. The van der Waals surface area contributed by atoms with Crippen molar-refractivity contribution in [1.82, 2.24) is 0 Å². The zero-order chi connectivity index (χ0) is 11.4. The zero-order valence-corrected chi connectivity index (χ0v) is 8.59. The van der Waals surface area contributed by atoms with E-state index in [2.05, 4.69) is 4.74 Å². The maximum absolute atomic E-state index is 12.0. The van der Waals surface area contributed by atoms with Crippen LogP contribution < -0.4 is 4.74 Å². The third kappa shape index (κ3) is 3.31. The summed E-state index contributed by atoms with van der Waals surface area (Å²) in [4.78, 5) is 11.4. The molecule has 1 aromatic rings. The van der Waals surface area contributed by atoms with Gasteiger partial charge in [-0.2, -0.15) is 8.78 Å². The summed E-state index contributed by atoms with van der Waals surface area (Å²) in [6.45, 7) is 0.583. The first-order chi connectivity index (χ1) is 7.02. The SMILES string of the molecule is CCC(=O)c1cc(C)cc(OC(F)F)c1. The van der Waals surface area contributed by atoms with Crippen LogP contribution in [0.5, 0.6) is 5.75 Å². The molecular weight excluding hydrogens is 202 g/mol. The third-order valence-corrected chi connectivity index (χ3v) is 1.92. The van der Waals surface area contributed by atoms with Crippen LogP contribution in [-0.2, 0) is 0 Å². The van der Waals surface area contributed by atoms with E-state index in [0.717, 1.165) is 5.56 Å². The van der Waals surface area contributed by atoms with Gasteiger partial charge in [0.15, 0.2) is 5.78 Å². The summed E-state index contributed by atoms with van der Waals surface area (Å²) in [5.41, 5.74) is 1.14. The fourth-order valence-electron chi connectivity index (χ4n) is 1.28. The Labute approximate surface area is 86.9 Å². The van der Waals surface area contributed by atoms with Gasteiger partial charge in [0.2, 0.25) is 0 Å². The topological polar surface area (TPSA) is 26.3 Å². The molecule has 1 rings (SSSR count). The van der Waals surface area contributed by atoms with E-state index >= 15 is 0 Å². The highest BCUT2D eigenvalue weighted by Gasteiger charge is 2.09. The molecule has 0 heterocycles. The number of carbonyl (C=O) groups is 1. The first-order valence-electron chi connectivity index (χ1n) is 4.62. The van der Waals surface area contributed by atoms with Crippen LogP contribution in [0.1, 0.15) is 29.3 Å². The van der Waals surface area contributed by atoms with Crippen LogP contribution in [0.15, 0.2) is 18.2 Å². The fraction of sp³-hybridized carbons (Fsp3) is 0.364. The molecule has 2 nitrogen and oxygen atoms in total. The lowest BCUT2D eigenvalue weighted by Gasteiger charge is -2.07.